The summed E-state index contributed by atoms with van der Waals surface area (Å²) in [6.45, 7) is 3.62. The SMILES string of the molecule is CN(C)C(=O)CN=C(NCC1CCCCC1)N1CCCC2(CNC(=O)C2)C1.I. The summed E-state index contributed by atoms with van der Waals surface area (Å²) in [5, 5.41) is 6.57. The topological polar surface area (TPSA) is 77.0 Å². The number of amides is 2. The van der Waals surface area contributed by atoms with Gasteiger partial charge in [-0.1, -0.05) is 19.3 Å². The number of carbonyl (C=O) groups excluding carboxylic acids is 2. The number of likely N-dealkylation sites (N-methyl/N-ethyl adjacent to an activating group) is 1. The van der Waals surface area contributed by atoms with Crippen LogP contribution in [-0.2, 0) is 9.59 Å². The Labute approximate surface area is 186 Å². The molecular weight excluding hydrogens is 469 g/mol. The first-order valence-electron chi connectivity index (χ1n) is 10.5. The molecule has 1 saturated carbocycles. The van der Waals surface area contributed by atoms with E-state index in [1.807, 2.05) is 0 Å². The Morgan fingerprint density at radius 3 is 2.68 bits per heavy atom. The monoisotopic (exact) mass is 505 g/mol. The lowest BCUT2D eigenvalue weighted by atomic mass is 9.79. The average molecular weight is 505 g/mol. The minimum absolute atomic E-state index is 0. The second-order valence-electron chi connectivity index (χ2n) is 8.79. The lowest BCUT2D eigenvalue weighted by molar-refractivity contribution is -0.127. The molecule has 2 aliphatic heterocycles. The third-order valence-corrected chi connectivity index (χ3v) is 6.29. The van der Waals surface area contributed by atoms with E-state index >= 15 is 0 Å². The molecule has 2 saturated heterocycles. The molecule has 2 N–H and O–H groups in total. The number of halogens is 1. The van der Waals surface area contributed by atoms with Crippen molar-refractivity contribution < 1.29 is 9.59 Å². The van der Waals surface area contributed by atoms with Crippen LogP contribution in [0.5, 0.6) is 0 Å². The van der Waals surface area contributed by atoms with Crippen LogP contribution >= 0.6 is 24.0 Å². The Balaban J connectivity index is 0.00000280. The lowest BCUT2D eigenvalue weighted by Crippen LogP contribution is -2.52. The number of hydrogen-bond donors (Lipinski definition) is 2. The molecule has 0 aromatic carbocycles. The Kier molecular flexibility index (Phi) is 8.82. The Morgan fingerprint density at radius 2 is 2.04 bits per heavy atom. The highest BCUT2D eigenvalue weighted by atomic mass is 127. The number of guanidine groups is 1. The first-order valence-corrected chi connectivity index (χ1v) is 10.5. The summed E-state index contributed by atoms with van der Waals surface area (Å²) in [7, 11) is 3.53. The molecule has 0 bridgehead atoms. The number of rotatable bonds is 4. The molecule has 7 nitrogen and oxygen atoms in total. The predicted molar refractivity (Wildman–Crippen MR) is 122 cm³/mol. The van der Waals surface area contributed by atoms with E-state index in [1.54, 1.807) is 19.0 Å². The molecule has 0 aromatic heterocycles. The van der Waals surface area contributed by atoms with Gasteiger partial charge < -0.3 is 20.4 Å². The summed E-state index contributed by atoms with van der Waals surface area (Å²) in [5.41, 5.74) is 0.0220. The van der Waals surface area contributed by atoms with Crippen LogP contribution in [0.3, 0.4) is 0 Å². The molecule has 3 aliphatic rings. The quantitative estimate of drug-likeness (QED) is 0.347. The van der Waals surface area contributed by atoms with Gasteiger partial charge in [0, 0.05) is 52.1 Å². The van der Waals surface area contributed by atoms with Gasteiger partial charge in [0.2, 0.25) is 11.8 Å². The van der Waals surface area contributed by atoms with Gasteiger partial charge >= 0.3 is 0 Å². The highest BCUT2D eigenvalue weighted by Crippen LogP contribution is 2.36. The number of nitrogens with one attached hydrogen (secondary N) is 2. The molecule has 3 fully saturated rings. The van der Waals surface area contributed by atoms with Crippen molar-refractivity contribution in [2.75, 3.05) is 46.8 Å². The number of likely N-dealkylation sites (tertiary alicyclic amines) is 1. The second kappa shape index (κ2) is 10.6. The number of hydrogen-bond acceptors (Lipinski definition) is 3. The van der Waals surface area contributed by atoms with Crippen molar-refractivity contribution in [1.29, 1.82) is 0 Å². The standard InChI is InChI=1S/C20H35N5O2.HI/c1-24(2)18(27)13-22-19(21-12-16-7-4-3-5-8-16)25-10-6-9-20(15-25)11-17(26)23-14-20;/h16H,3-15H2,1-2H3,(H,21,22)(H,23,26);1H. The normalized spacial score (nSPS) is 26.0. The summed E-state index contributed by atoms with van der Waals surface area (Å²) < 4.78 is 0. The molecule has 1 unspecified atom stereocenters. The van der Waals surface area contributed by atoms with Gasteiger partial charge in [-0.15, -0.1) is 24.0 Å². The van der Waals surface area contributed by atoms with Gasteiger partial charge in [-0.25, -0.2) is 4.99 Å². The third-order valence-electron chi connectivity index (χ3n) is 6.29. The van der Waals surface area contributed by atoms with Gasteiger partial charge in [-0.05, 0) is 31.6 Å². The van der Waals surface area contributed by atoms with Gasteiger partial charge in [-0.2, -0.15) is 0 Å². The highest BCUT2D eigenvalue weighted by Gasteiger charge is 2.42. The van der Waals surface area contributed by atoms with Crippen LogP contribution in [-0.4, -0.2) is 74.4 Å². The zero-order valence-electron chi connectivity index (χ0n) is 17.3. The van der Waals surface area contributed by atoms with Gasteiger partial charge in [0.05, 0.1) is 0 Å². The highest BCUT2D eigenvalue weighted by molar-refractivity contribution is 14.0. The smallest absolute Gasteiger partial charge is 0.243 e. The molecule has 2 amide bonds. The summed E-state index contributed by atoms with van der Waals surface area (Å²) in [5.74, 6) is 1.71. The molecule has 0 aromatic rings. The van der Waals surface area contributed by atoms with Gasteiger partial charge in [0.25, 0.3) is 0 Å². The molecule has 1 aliphatic carbocycles. The summed E-state index contributed by atoms with van der Waals surface area (Å²) in [4.78, 5) is 32.4. The van der Waals surface area contributed by atoms with Gasteiger partial charge in [-0.3, -0.25) is 9.59 Å². The Morgan fingerprint density at radius 1 is 1.29 bits per heavy atom. The van der Waals surface area contributed by atoms with Crippen LogP contribution < -0.4 is 10.6 Å². The maximum absolute atomic E-state index is 12.0. The summed E-state index contributed by atoms with van der Waals surface area (Å²) >= 11 is 0. The van der Waals surface area contributed by atoms with E-state index in [-0.39, 0.29) is 47.8 Å². The maximum atomic E-state index is 12.0. The van der Waals surface area contributed by atoms with Gasteiger partial charge in [0.1, 0.15) is 6.54 Å². The number of aliphatic imine (C=N–C) groups is 1. The fraction of sp³-hybridized carbons (Fsp3) is 0.850. The first kappa shape index (κ1) is 23.2. The molecule has 0 radical (unpaired) electrons. The minimum atomic E-state index is 0. The Hall–Kier alpha value is -1.06. The van der Waals surface area contributed by atoms with Crippen molar-refractivity contribution in [3.05, 3.63) is 0 Å². The van der Waals surface area contributed by atoms with Crippen molar-refractivity contribution in [3.8, 4) is 0 Å². The predicted octanol–water partition coefficient (Wildman–Crippen LogP) is 1.82. The van der Waals surface area contributed by atoms with Crippen molar-refractivity contribution in [2.24, 2.45) is 16.3 Å². The van der Waals surface area contributed by atoms with E-state index in [4.69, 9.17) is 0 Å². The number of nitrogens with zero attached hydrogens (tertiary/aromatic N) is 3. The molecule has 1 atom stereocenters. The molecule has 1 spiro atoms. The van der Waals surface area contributed by atoms with Crippen LogP contribution in [0.1, 0.15) is 51.4 Å². The van der Waals surface area contributed by atoms with Crippen LogP contribution in [0.2, 0.25) is 0 Å². The average Bonchev–Trinajstić information content (AvgIpc) is 3.02. The van der Waals surface area contributed by atoms with Gasteiger partial charge in [0.15, 0.2) is 5.96 Å². The molecule has 28 heavy (non-hydrogen) atoms. The van der Waals surface area contributed by atoms with Crippen LogP contribution in [0, 0.1) is 11.3 Å². The van der Waals surface area contributed by atoms with Crippen molar-refractivity contribution in [3.63, 3.8) is 0 Å². The summed E-state index contributed by atoms with van der Waals surface area (Å²) in [6, 6.07) is 0. The zero-order valence-corrected chi connectivity index (χ0v) is 19.7. The fourth-order valence-electron chi connectivity index (χ4n) is 4.61. The van der Waals surface area contributed by atoms with Crippen molar-refractivity contribution >= 4 is 41.8 Å². The fourth-order valence-corrected chi connectivity index (χ4v) is 4.61. The van der Waals surface area contributed by atoms with Crippen LogP contribution in [0.25, 0.3) is 0 Å². The van der Waals surface area contributed by atoms with Crippen LogP contribution in [0.4, 0.5) is 0 Å². The number of carbonyl (C=O) groups is 2. The van der Waals surface area contributed by atoms with Crippen molar-refractivity contribution in [1.82, 2.24) is 20.4 Å². The van der Waals surface area contributed by atoms with E-state index in [2.05, 4.69) is 20.5 Å². The summed E-state index contributed by atoms with van der Waals surface area (Å²) in [6.07, 6.45) is 9.28. The van der Waals surface area contributed by atoms with Crippen molar-refractivity contribution in [2.45, 2.75) is 51.4 Å². The van der Waals surface area contributed by atoms with E-state index in [1.165, 1.54) is 32.1 Å². The second-order valence-corrected chi connectivity index (χ2v) is 8.79. The molecule has 3 rings (SSSR count). The molecule has 2 heterocycles. The molecule has 8 heteroatoms. The van der Waals surface area contributed by atoms with E-state index in [9.17, 15) is 9.59 Å². The minimum Gasteiger partial charge on any atom is -0.356 e. The lowest BCUT2D eigenvalue weighted by Gasteiger charge is -2.41. The Bertz CT molecular complexity index is 577. The van der Waals surface area contributed by atoms with E-state index < -0.39 is 0 Å². The zero-order chi connectivity index (χ0) is 19.3. The van der Waals surface area contributed by atoms with E-state index in [0.29, 0.717) is 12.3 Å². The van der Waals surface area contributed by atoms with Crippen LogP contribution in [0.15, 0.2) is 4.99 Å². The largest absolute Gasteiger partial charge is 0.356 e. The first-order chi connectivity index (χ1) is 13.0. The maximum Gasteiger partial charge on any atom is 0.243 e. The third kappa shape index (κ3) is 6.22. The number of piperidine rings is 1. The molecule has 160 valence electrons. The molecular formula is C20H36IN5O2. The van der Waals surface area contributed by atoms with E-state index in [0.717, 1.165) is 45.0 Å².